The maximum absolute atomic E-state index is 11.9. The number of nitrogen functional groups attached to an aromatic ring is 1. The highest BCUT2D eigenvalue weighted by molar-refractivity contribution is 7.99. The Bertz CT molecular complexity index is 455. The van der Waals surface area contributed by atoms with E-state index in [1.54, 1.807) is 30.0 Å². The van der Waals surface area contributed by atoms with Gasteiger partial charge in [-0.05, 0) is 12.1 Å². The average molecular weight is 264 g/mol. The van der Waals surface area contributed by atoms with Crippen LogP contribution < -0.4 is 15.8 Å². The van der Waals surface area contributed by atoms with E-state index in [1.165, 1.54) is 7.11 Å². The van der Waals surface area contributed by atoms with Gasteiger partial charge in [-0.15, -0.1) is 18.2 Å². The van der Waals surface area contributed by atoms with Gasteiger partial charge in [-0.2, -0.15) is 0 Å². The molecule has 1 aromatic carbocycles. The second-order valence-corrected chi connectivity index (χ2v) is 4.58. The van der Waals surface area contributed by atoms with Crippen LogP contribution in [0.4, 0.5) is 5.69 Å². The van der Waals surface area contributed by atoms with Gasteiger partial charge in [0.15, 0.2) is 0 Å². The summed E-state index contributed by atoms with van der Waals surface area (Å²) in [5.74, 6) is 4.27. The molecule has 0 aliphatic heterocycles. The van der Waals surface area contributed by atoms with Crippen LogP contribution in [0.25, 0.3) is 0 Å². The Morgan fingerprint density at radius 3 is 3.06 bits per heavy atom. The van der Waals surface area contributed by atoms with Crippen molar-refractivity contribution in [3.8, 4) is 18.1 Å². The van der Waals surface area contributed by atoms with Crippen LogP contribution in [0.15, 0.2) is 18.2 Å². The summed E-state index contributed by atoms with van der Waals surface area (Å²) in [6, 6.07) is 4.95. The number of carbonyl (C=O) groups is 1. The molecule has 0 aliphatic rings. The van der Waals surface area contributed by atoms with E-state index in [4.69, 9.17) is 16.9 Å². The highest BCUT2D eigenvalue weighted by Crippen LogP contribution is 2.21. The molecule has 0 unspecified atom stereocenters. The summed E-state index contributed by atoms with van der Waals surface area (Å²) < 4.78 is 5.12. The lowest BCUT2D eigenvalue weighted by Gasteiger charge is -2.09. The molecule has 0 fully saturated rings. The Kier molecular flexibility index (Phi) is 5.95. The number of hydrogen-bond donors (Lipinski definition) is 2. The molecule has 0 spiro atoms. The summed E-state index contributed by atoms with van der Waals surface area (Å²) >= 11 is 1.60. The van der Waals surface area contributed by atoms with Crippen LogP contribution >= 0.6 is 11.8 Å². The number of benzene rings is 1. The molecule has 1 rings (SSSR count). The molecule has 0 aliphatic carbocycles. The van der Waals surface area contributed by atoms with E-state index in [0.29, 0.717) is 29.3 Å². The number of carbonyl (C=O) groups excluding carboxylic acids is 1. The molecule has 4 nitrogen and oxygen atoms in total. The van der Waals surface area contributed by atoms with Crippen LogP contribution in [0, 0.1) is 12.3 Å². The monoisotopic (exact) mass is 264 g/mol. The quantitative estimate of drug-likeness (QED) is 0.463. The lowest BCUT2D eigenvalue weighted by molar-refractivity contribution is 0.0953. The van der Waals surface area contributed by atoms with Gasteiger partial charge in [0.2, 0.25) is 0 Å². The van der Waals surface area contributed by atoms with Gasteiger partial charge in [-0.1, -0.05) is 5.92 Å². The Balaban J connectivity index is 2.54. The minimum Gasteiger partial charge on any atom is -0.496 e. The highest BCUT2D eigenvalue weighted by Gasteiger charge is 2.11. The number of anilines is 1. The first-order chi connectivity index (χ1) is 8.69. The zero-order valence-corrected chi connectivity index (χ0v) is 11.0. The van der Waals surface area contributed by atoms with Gasteiger partial charge in [0, 0.05) is 24.1 Å². The van der Waals surface area contributed by atoms with Crippen molar-refractivity contribution in [1.82, 2.24) is 5.32 Å². The van der Waals surface area contributed by atoms with E-state index in [-0.39, 0.29) is 5.91 Å². The number of rotatable bonds is 6. The molecule has 1 aromatic rings. The van der Waals surface area contributed by atoms with Crippen molar-refractivity contribution in [3.63, 3.8) is 0 Å². The summed E-state index contributed by atoms with van der Waals surface area (Å²) in [6.07, 6.45) is 5.13. The number of nitrogens with two attached hydrogens (primary N) is 1. The first-order valence-electron chi connectivity index (χ1n) is 5.42. The van der Waals surface area contributed by atoms with Crippen LogP contribution in [-0.2, 0) is 0 Å². The summed E-state index contributed by atoms with van der Waals surface area (Å²) in [4.78, 5) is 11.9. The molecular weight excluding hydrogens is 248 g/mol. The Morgan fingerprint density at radius 2 is 2.39 bits per heavy atom. The number of methoxy groups -OCH3 is 1. The van der Waals surface area contributed by atoms with Gasteiger partial charge in [0.25, 0.3) is 5.91 Å². The molecule has 3 N–H and O–H groups in total. The molecule has 96 valence electrons. The molecule has 0 saturated carbocycles. The molecule has 0 atom stereocenters. The summed E-state index contributed by atoms with van der Waals surface area (Å²) in [6.45, 7) is 0.568. The standard InChI is InChI=1S/C13H16N2O2S/c1-3-7-18-8-6-15-13(16)11-5-4-10(14)9-12(11)17-2/h1,4-5,9H,6-8,14H2,2H3,(H,15,16). The lowest BCUT2D eigenvalue weighted by atomic mass is 10.1. The molecule has 0 bridgehead atoms. The van der Waals surface area contributed by atoms with Crippen LogP contribution in [0.3, 0.4) is 0 Å². The third-order valence-corrected chi connectivity index (χ3v) is 3.05. The number of ether oxygens (including phenoxy) is 1. The van der Waals surface area contributed by atoms with E-state index in [0.717, 1.165) is 5.75 Å². The van der Waals surface area contributed by atoms with Crippen LogP contribution in [-0.4, -0.2) is 31.1 Å². The Labute approximate surface area is 111 Å². The van der Waals surface area contributed by atoms with E-state index in [2.05, 4.69) is 11.2 Å². The number of terminal acetylenes is 1. The first kappa shape index (κ1) is 14.3. The first-order valence-corrected chi connectivity index (χ1v) is 6.57. The fourth-order valence-electron chi connectivity index (χ4n) is 1.36. The van der Waals surface area contributed by atoms with Gasteiger partial charge in [0.1, 0.15) is 5.75 Å². The zero-order chi connectivity index (χ0) is 13.4. The van der Waals surface area contributed by atoms with Gasteiger partial charge in [0.05, 0.1) is 18.4 Å². The van der Waals surface area contributed by atoms with Crippen molar-refractivity contribution in [3.05, 3.63) is 23.8 Å². The predicted octanol–water partition coefficient (Wildman–Crippen LogP) is 1.37. The highest BCUT2D eigenvalue weighted by atomic mass is 32.2. The van der Waals surface area contributed by atoms with Crippen molar-refractivity contribution < 1.29 is 9.53 Å². The molecule has 0 heterocycles. The van der Waals surface area contributed by atoms with Gasteiger partial charge < -0.3 is 15.8 Å². The second-order valence-electron chi connectivity index (χ2n) is 3.47. The summed E-state index contributed by atoms with van der Waals surface area (Å²) in [5.41, 5.74) is 6.67. The predicted molar refractivity (Wildman–Crippen MR) is 75.9 cm³/mol. The average Bonchev–Trinajstić information content (AvgIpc) is 2.38. The molecule has 5 heteroatoms. The van der Waals surface area contributed by atoms with Crippen LogP contribution in [0.2, 0.25) is 0 Å². The van der Waals surface area contributed by atoms with Crippen molar-refractivity contribution in [2.24, 2.45) is 0 Å². The van der Waals surface area contributed by atoms with E-state index in [9.17, 15) is 4.79 Å². The van der Waals surface area contributed by atoms with Gasteiger partial charge in [-0.25, -0.2) is 0 Å². The normalized spacial score (nSPS) is 9.56. The molecular formula is C13H16N2O2S. The molecule has 0 radical (unpaired) electrons. The molecule has 0 aromatic heterocycles. The van der Waals surface area contributed by atoms with E-state index >= 15 is 0 Å². The smallest absolute Gasteiger partial charge is 0.255 e. The number of thioether (sulfide) groups is 1. The lowest BCUT2D eigenvalue weighted by Crippen LogP contribution is -2.26. The molecule has 0 saturated heterocycles. The minimum atomic E-state index is -0.173. The van der Waals surface area contributed by atoms with Crippen molar-refractivity contribution in [2.45, 2.75) is 0 Å². The maximum atomic E-state index is 11.9. The van der Waals surface area contributed by atoms with Crippen molar-refractivity contribution in [1.29, 1.82) is 0 Å². The third kappa shape index (κ3) is 4.22. The molecule has 18 heavy (non-hydrogen) atoms. The number of hydrogen-bond acceptors (Lipinski definition) is 4. The SMILES string of the molecule is C#CCSCCNC(=O)c1ccc(N)cc1OC. The maximum Gasteiger partial charge on any atom is 0.255 e. The number of nitrogens with one attached hydrogen (secondary N) is 1. The fraction of sp³-hybridized carbons (Fsp3) is 0.308. The Hall–Kier alpha value is -1.80. The largest absolute Gasteiger partial charge is 0.496 e. The van der Waals surface area contributed by atoms with Gasteiger partial charge >= 0.3 is 0 Å². The van der Waals surface area contributed by atoms with Crippen molar-refractivity contribution in [2.75, 3.05) is 30.9 Å². The van der Waals surface area contributed by atoms with Gasteiger partial charge in [-0.3, -0.25) is 4.79 Å². The number of amides is 1. The van der Waals surface area contributed by atoms with Crippen LogP contribution in [0.5, 0.6) is 5.75 Å². The van der Waals surface area contributed by atoms with Crippen LogP contribution in [0.1, 0.15) is 10.4 Å². The van der Waals surface area contributed by atoms with E-state index < -0.39 is 0 Å². The molecule has 1 amide bonds. The van der Waals surface area contributed by atoms with Crippen molar-refractivity contribution >= 4 is 23.4 Å². The fourth-order valence-corrected chi connectivity index (χ4v) is 1.87. The second kappa shape index (κ2) is 7.51. The zero-order valence-electron chi connectivity index (χ0n) is 10.2. The van der Waals surface area contributed by atoms with E-state index in [1.807, 2.05) is 0 Å². The minimum absolute atomic E-state index is 0.173. The summed E-state index contributed by atoms with van der Waals surface area (Å²) in [7, 11) is 1.51. The Morgan fingerprint density at radius 1 is 1.61 bits per heavy atom. The summed E-state index contributed by atoms with van der Waals surface area (Å²) in [5, 5.41) is 2.80. The third-order valence-electron chi connectivity index (χ3n) is 2.19. The topological polar surface area (TPSA) is 64.4 Å².